The number of carbonyl (C=O) groups is 1. The van der Waals surface area contributed by atoms with Crippen LogP contribution in [0.3, 0.4) is 0 Å². The first-order chi connectivity index (χ1) is 9.24. The molecule has 0 bridgehead atoms. The second-order valence-corrected chi connectivity index (χ2v) is 6.01. The molecule has 2 aromatic rings. The molecule has 6 heteroatoms. The van der Waals surface area contributed by atoms with Crippen LogP contribution < -0.4 is 5.32 Å². The number of hydrogen-bond acceptors (Lipinski definition) is 4. The molecule has 0 aliphatic carbocycles. The quantitative estimate of drug-likeness (QED) is 0.924. The zero-order valence-electron chi connectivity index (χ0n) is 10.1. The summed E-state index contributed by atoms with van der Waals surface area (Å²) in [6.07, 6.45) is 2.00. The summed E-state index contributed by atoms with van der Waals surface area (Å²) in [5.41, 5.74) is 1.45. The normalized spacial score (nSPS) is 18.7. The number of nitrogens with one attached hydrogen (secondary N) is 1. The maximum absolute atomic E-state index is 12.0. The zero-order chi connectivity index (χ0) is 13.2. The van der Waals surface area contributed by atoms with Crippen LogP contribution in [0.4, 0.5) is 5.82 Å². The van der Waals surface area contributed by atoms with E-state index in [1.54, 1.807) is 11.8 Å². The number of anilines is 1. The number of hydrogen-bond donors (Lipinski definition) is 1. The Morgan fingerprint density at radius 3 is 2.74 bits per heavy atom. The Morgan fingerprint density at radius 1 is 1.32 bits per heavy atom. The molecule has 0 spiro atoms. The van der Waals surface area contributed by atoms with Gasteiger partial charge in [0.15, 0.2) is 11.0 Å². The van der Waals surface area contributed by atoms with Crippen molar-refractivity contribution < 1.29 is 4.79 Å². The van der Waals surface area contributed by atoms with Crippen LogP contribution in [0.5, 0.6) is 0 Å². The molecule has 2 heterocycles. The fourth-order valence-electron chi connectivity index (χ4n) is 2.04. The highest BCUT2D eigenvalue weighted by Crippen LogP contribution is 2.28. The fraction of sp³-hybridized carbons (Fsp3) is 0.308. The van der Waals surface area contributed by atoms with Gasteiger partial charge in [-0.15, -0.1) is 11.8 Å². The molecule has 1 saturated heterocycles. The van der Waals surface area contributed by atoms with Gasteiger partial charge in [0.1, 0.15) is 0 Å². The SMILES string of the molecule is O=C(Nc1nc2ccccc2nc1Cl)C1CCCS1. The number of aromatic nitrogens is 2. The van der Waals surface area contributed by atoms with Gasteiger partial charge in [0.05, 0.1) is 16.3 Å². The van der Waals surface area contributed by atoms with Gasteiger partial charge in [0, 0.05) is 0 Å². The highest BCUT2D eigenvalue weighted by molar-refractivity contribution is 8.00. The van der Waals surface area contributed by atoms with E-state index in [2.05, 4.69) is 15.3 Å². The Labute approximate surface area is 120 Å². The average Bonchev–Trinajstić information content (AvgIpc) is 2.93. The monoisotopic (exact) mass is 293 g/mol. The summed E-state index contributed by atoms with van der Waals surface area (Å²) in [5.74, 6) is 1.35. The van der Waals surface area contributed by atoms with Gasteiger partial charge in [0.25, 0.3) is 0 Å². The lowest BCUT2D eigenvalue weighted by molar-refractivity contribution is -0.115. The van der Waals surface area contributed by atoms with Crippen LogP contribution in [0.15, 0.2) is 24.3 Å². The van der Waals surface area contributed by atoms with Crippen molar-refractivity contribution in [1.29, 1.82) is 0 Å². The second kappa shape index (κ2) is 5.35. The van der Waals surface area contributed by atoms with E-state index < -0.39 is 0 Å². The maximum atomic E-state index is 12.0. The lowest BCUT2D eigenvalue weighted by atomic mass is 10.2. The van der Waals surface area contributed by atoms with Crippen molar-refractivity contribution in [3.05, 3.63) is 29.4 Å². The first-order valence-electron chi connectivity index (χ1n) is 6.09. The summed E-state index contributed by atoms with van der Waals surface area (Å²) in [7, 11) is 0. The highest BCUT2D eigenvalue weighted by Gasteiger charge is 2.24. The number of rotatable bonds is 2. The minimum absolute atomic E-state index is 0.00402. The van der Waals surface area contributed by atoms with Crippen molar-refractivity contribution in [2.24, 2.45) is 0 Å². The molecule has 1 amide bonds. The van der Waals surface area contributed by atoms with E-state index in [1.807, 2.05) is 24.3 Å². The molecule has 0 saturated carbocycles. The molecule has 19 heavy (non-hydrogen) atoms. The molecule has 1 unspecified atom stereocenters. The van der Waals surface area contributed by atoms with Gasteiger partial charge >= 0.3 is 0 Å². The minimum Gasteiger partial charge on any atom is -0.307 e. The van der Waals surface area contributed by atoms with Gasteiger partial charge in [-0.1, -0.05) is 23.7 Å². The third kappa shape index (κ3) is 2.67. The Hall–Kier alpha value is -1.33. The lowest BCUT2D eigenvalue weighted by Gasteiger charge is -2.10. The van der Waals surface area contributed by atoms with Gasteiger partial charge in [-0.3, -0.25) is 4.79 Å². The van der Waals surface area contributed by atoms with E-state index in [1.165, 1.54) is 0 Å². The van der Waals surface area contributed by atoms with Gasteiger partial charge in [-0.25, -0.2) is 9.97 Å². The van der Waals surface area contributed by atoms with Crippen molar-refractivity contribution in [2.45, 2.75) is 18.1 Å². The van der Waals surface area contributed by atoms with Crippen molar-refractivity contribution in [2.75, 3.05) is 11.1 Å². The van der Waals surface area contributed by atoms with E-state index in [4.69, 9.17) is 11.6 Å². The molecular weight excluding hydrogens is 282 g/mol. The molecule has 3 rings (SSSR count). The van der Waals surface area contributed by atoms with E-state index in [0.29, 0.717) is 5.82 Å². The summed E-state index contributed by atoms with van der Waals surface area (Å²) < 4.78 is 0. The van der Waals surface area contributed by atoms with Crippen LogP contribution in [0.2, 0.25) is 5.15 Å². The summed E-state index contributed by atoms with van der Waals surface area (Å²) in [6.45, 7) is 0. The third-order valence-electron chi connectivity index (χ3n) is 2.99. The third-order valence-corrected chi connectivity index (χ3v) is 4.63. The van der Waals surface area contributed by atoms with Gasteiger partial charge in [0.2, 0.25) is 5.91 Å². The predicted octanol–water partition coefficient (Wildman–Crippen LogP) is 3.12. The van der Waals surface area contributed by atoms with Crippen LogP contribution in [-0.4, -0.2) is 26.9 Å². The molecule has 98 valence electrons. The van der Waals surface area contributed by atoms with Gasteiger partial charge in [-0.05, 0) is 30.7 Å². The number of halogens is 1. The second-order valence-electron chi connectivity index (χ2n) is 4.34. The Morgan fingerprint density at radius 2 is 2.05 bits per heavy atom. The number of fused-ring (bicyclic) bond motifs is 1. The lowest BCUT2D eigenvalue weighted by Crippen LogP contribution is -2.23. The van der Waals surface area contributed by atoms with Crippen molar-refractivity contribution in [1.82, 2.24) is 9.97 Å². The Balaban J connectivity index is 1.87. The smallest absolute Gasteiger partial charge is 0.238 e. The molecule has 4 nitrogen and oxygen atoms in total. The van der Waals surface area contributed by atoms with E-state index in [9.17, 15) is 4.79 Å². The number of benzene rings is 1. The van der Waals surface area contributed by atoms with Crippen molar-refractivity contribution in [3.63, 3.8) is 0 Å². The summed E-state index contributed by atoms with van der Waals surface area (Å²) >= 11 is 7.73. The van der Waals surface area contributed by atoms with E-state index >= 15 is 0 Å². The number of carbonyl (C=O) groups excluding carboxylic acids is 1. The molecule has 1 aliphatic rings. The number of thioether (sulfide) groups is 1. The van der Waals surface area contributed by atoms with E-state index in [-0.39, 0.29) is 16.3 Å². The Kier molecular flexibility index (Phi) is 3.57. The minimum atomic E-state index is -0.0334. The van der Waals surface area contributed by atoms with Crippen LogP contribution >= 0.6 is 23.4 Å². The molecule has 0 radical (unpaired) electrons. The molecular formula is C13H12ClN3OS. The fourth-order valence-corrected chi connectivity index (χ4v) is 3.38. The molecule has 1 aromatic carbocycles. The number of para-hydroxylation sites is 2. The largest absolute Gasteiger partial charge is 0.307 e. The van der Waals surface area contributed by atoms with Crippen molar-refractivity contribution >= 4 is 46.1 Å². The van der Waals surface area contributed by atoms with Gasteiger partial charge < -0.3 is 5.32 Å². The number of nitrogens with zero attached hydrogens (tertiary/aromatic N) is 2. The number of amides is 1. The topological polar surface area (TPSA) is 54.9 Å². The summed E-state index contributed by atoms with van der Waals surface area (Å²) in [4.78, 5) is 20.6. The average molecular weight is 294 g/mol. The van der Waals surface area contributed by atoms with Crippen LogP contribution in [0.25, 0.3) is 11.0 Å². The predicted molar refractivity (Wildman–Crippen MR) is 78.7 cm³/mol. The first-order valence-corrected chi connectivity index (χ1v) is 7.51. The molecule has 1 fully saturated rings. The van der Waals surface area contributed by atoms with Crippen molar-refractivity contribution in [3.8, 4) is 0 Å². The molecule has 1 atom stereocenters. The van der Waals surface area contributed by atoms with Crippen LogP contribution in [0, 0.1) is 0 Å². The molecule has 1 N–H and O–H groups in total. The van der Waals surface area contributed by atoms with Crippen LogP contribution in [0.1, 0.15) is 12.8 Å². The molecule has 1 aromatic heterocycles. The standard InChI is InChI=1S/C13H12ClN3OS/c14-11-12(17-13(18)10-6-3-7-19-10)16-9-5-2-1-4-8(9)15-11/h1-2,4-5,10H,3,6-7H2,(H,16,17,18). The van der Waals surface area contributed by atoms with E-state index in [0.717, 1.165) is 29.6 Å². The maximum Gasteiger partial charge on any atom is 0.238 e. The summed E-state index contributed by atoms with van der Waals surface area (Å²) in [5, 5.41) is 3.01. The van der Waals surface area contributed by atoms with Gasteiger partial charge in [-0.2, -0.15) is 0 Å². The zero-order valence-corrected chi connectivity index (χ0v) is 11.7. The summed E-state index contributed by atoms with van der Waals surface area (Å²) in [6, 6.07) is 7.44. The first kappa shape index (κ1) is 12.7. The highest BCUT2D eigenvalue weighted by atomic mass is 35.5. The van der Waals surface area contributed by atoms with Crippen LogP contribution in [-0.2, 0) is 4.79 Å². The Bertz CT molecular complexity index is 628. The molecule has 1 aliphatic heterocycles.